The van der Waals surface area contributed by atoms with Crippen molar-refractivity contribution in [2.45, 2.75) is 6.18 Å². The molecule has 0 saturated heterocycles. The smallest absolute Gasteiger partial charge is 0.334 e. The van der Waals surface area contributed by atoms with Crippen LogP contribution >= 0.6 is 0 Å². The Hall–Kier alpha value is -4.28. The summed E-state index contributed by atoms with van der Waals surface area (Å²) in [6.45, 7) is 0. The summed E-state index contributed by atoms with van der Waals surface area (Å²) >= 11 is 0. The highest BCUT2D eigenvalue weighted by Crippen LogP contribution is 2.35. The number of para-hydroxylation sites is 1. The zero-order valence-electron chi connectivity index (χ0n) is 15.6. The van der Waals surface area contributed by atoms with E-state index in [1.807, 2.05) is 12.1 Å². The quantitative estimate of drug-likeness (QED) is 0.323. The molecule has 0 bridgehead atoms. The number of pyridine rings is 1. The predicted octanol–water partition coefficient (Wildman–Crippen LogP) is 5.44. The molecule has 0 saturated carbocycles. The van der Waals surface area contributed by atoms with Crippen LogP contribution in [0.5, 0.6) is 0 Å². The SMILES string of the molecule is O=[N+]([O-])c1c(Nc2ccc(C(F)(F)F)cc2)ncnc1Nc1cccc2cccnc12. The lowest BCUT2D eigenvalue weighted by molar-refractivity contribution is -0.383. The van der Waals surface area contributed by atoms with Crippen LogP contribution in [0.2, 0.25) is 0 Å². The molecule has 11 heteroatoms. The fraction of sp³-hybridized carbons (Fsp3) is 0.0500. The molecule has 2 N–H and O–H groups in total. The van der Waals surface area contributed by atoms with Gasteiger partial charge in [0.25, 0.3) is 0 Å². The molecule has 0 spiro atoms. The predicted molar refractivity (Wildman–Crippen MR) is 108 cm³/mol. The van der Waals surface area contributed by atoms with E-state index in [4.69, 9.17) is 0 Å². The molecule has 31 heavy (non-hydrogen) atoms. The van der Waals surface area contributed by atoms with Gasteiger partial charge >= 0.3 is 11.9 Å². The zero-order chi connectivity index (χ0) is 22.0. The topological polar surface area (TPSA) is 106 Å². The van der Waals surface area contributed by atoms with Gasteiger partial charge in [-0.15, -0.1) is 0 Å². The first-order chi connectivity index (χ1) is 14.8. The lowest BCUT2D eigenvalue weighted by atomic mass is 10.2. The van der Waals surface area contributed by atoms with Crippen molar-refractivity contribution in [2.75, 3.05) is 10.6 Å². The van der Waals surface area contributed by atoms with Gasteiger partial charge in [-0.1, -0.05) is 18.2 Å². The minimum Gasteiger partial charge on any atom is -0.334 e. The fourth-order valence-electron chi connectivity index (χ4n) is 2.95. The second-order valence-electron chi connectivity index (χ2n) is 6.38. The van der Waals surface area contributed by atoms with E-state index in [-0.39, 0.29) is 17.3 Å². The van der Waals surface area contributed by atoms with Crippen LogP contribution in [0.4, 0.5) is 41.9 Å². The second kappa shape index (κ2) is 7.86. The molecule has 4 rings (SSSR count). The van der Waals surface area contributed by atoms with E-state index in [0.29, 0.717) is 11.2 Å². The van der Waals surface area contributed by atoms with Gasteiger partial charge in [0, 0.05) is 17.3 Å². The molecule has 0 atom stereocenters. The minimum atomic E-state index is -4.48. The third-order valence-electron chi connectivity index (χ3n) is 4.37. The normalized spacial score (nSPS) is 11.3. The summed E-state index contributed by atoms with van der Waals surface area (Å²) in [5.74, 6) is -0.261. The fourth-order valence-corrected chi connectivity index (χ4v) is 2.95. The summed E-state index contributed by atoms with van der Waals surface area (Å²) in [4.78, 5) is 23.2. The van der Waals surface area contributed by atoms with Gasteiger partial charge in [0.2, 0.25) is 11.6 Å². The molecule has 0 aliphatic heterocycles. The van der Waals surface area contributed by atoms with Gasteiger partial charge in [-0.05, 0) is 36.4 Å². The number of nitrogens with zero attached hydrogens (tertiary/aromatic N) is 4. The van der Waals surface area contributed by atoms with E-state index in [2.05, 4.69) is 25.6 Å². The number of alkyl halides is 3. The van der Waals surface area contributed by atoms with Gasteiger partial charge < -0.3 is 10.6 Å². The molecular weight excluding hydrogens is 413 g/mol. The number of benzene rings is 2. The number of fused-ring (bicyclic) bond motifs is 1. The third kappa shape index (κ3) is 4.20. The molecular formula is C20H13F3N6O2. The Kier molecular flexibility index (Phi) is 5.07. The molecule has 2 heterocycles. The van der Waals surface area contributed by atoms with Crippen molar-refractivity contribution < 1.29 is 18.1 Å². The number of halogens is 3. The average Bonchev–Trinajstić information content (AvgIpc) is 2.74. The Balaban J connectivity index is 1.69. The standard InChI is InChI=1S/C20H13F3N6O2/c21-20(22,23)13-6-8-14(9-7-13)27-18-17(29(30)31)19(26-11-25-18)28-15-5-1-3-12-4-2-10-24-16(12)15/h1-11H,(H2,25,26,27,28). The summed E-state index contributed by atoms with van der Waals surface area (Å²) in [6.07, 6.45) is -1.77. The number of anilines is 4. The van der Waals surface area contributed by atoms with Gasteiger partial charge in [0.05, 0.1) is 21.7 Å². The van der Waals surface area contributed by atoms with Crippen LogP contribution in [0.25, 0.3) is 10.9 Å². The van der Waals surface area contributed by atoms with Crippen molar-refractivity contribution in [1.29, 1.82) is 0 Å². The van der Waals surface area contributed by atoms with Crippen LogP contribution < -0.4 is 10.6 Å². The number of rotatable bonds is 5. The van der Waals surface area contributed by atoms with Gasteiger partial charge in [-0.25, -0.2) is 9.97 Å². The van der Waals surface area contributed by atoms with Crippen molar-refractivity contribution in [3.63, 3.8) is 0 Å². The molecule has 0 fully saturated rings. The largest absolute Gasteiger partial charge is 0.416 e. The maximum absolute atomic E-state index is 12.7. The number of hydrogen-bond donors (Lipinski definition) is 2. The summed E-state index contributed by atoms with van der Waals surface area (Å²) < 4.78 is 38.2. The van der Waals surface area contributed by atoms with E-state index in [9.17, 15) is 23.3 Å². The first-order valence-electron chi connectivity index (χ1n) is 8.87. The average molecular weight is 426 g/mol. The van der Waals surface area contributed by atoms with E-state index >= 15 is 0 Å². The molecule has 8 nitrogen and oxygen atoms in total. The summed E-state index contributed by atoms with van der Waals surface area (Å²) in [5, 5.41) is 18.2. The van der Waals surface area contributed by atoms with Crippen LogP contribution in [-0.2, 0) is 6.18 Å². The van der Waals surface area contributed by atoms with Crippen LogP contribution in [0.1, 0.15) is 5.56 Å². The van der Waals surface area contributed by atoms with E-state index in [0.717, 1.165) is 36.0 Å². The number of hydrogen-bond acceptors (Lipinski definition) is 7. The monoisotopic (exact) mass is 426 g/mol. The highest BCUT2D eigenvalue weighted by atomic mass is 19.4. The minimum absolute atomic E-state index is 0.0902. The molecule has 0 aliphatic carbocycles. The van der Waals surface area contributed by atoms with E-state index < -0.39 is 22.4 Å². The third-order valence-corrected chi connectivity index (χ3v) is 4.37. The van der Waals surface area contributed by atoms with Crippen molar-refractivity contribution in [3.05, 3.63) is 82.8 Å². The van der Waals surface area contributed by atoms with Crippen molar-refractivity contribution >= 4 is 39.6 Å². The maximum Gasteiger partial charge on any atom is 0.416 e. The number of nitro groups is 1. The van der Waals surface area contributed by atoms with E-state index in [1.54, 1.807) is 24.4 Å². The second-order valence-corrected chi connectivity index (χ2v) is 6.38. The number of nitrogens with one attached hydrogen (secondary N) is 2. The Labute approximate surface area is 173 Å². The molecule has 2 aromatic carbocycles. The molecule has 0 amide bonds. The Morgan fingerprint density at radius 3 is 2.23 bits per heavy atom. The Morgan fingerprint density at radius 2 is 1.55 bits per heavy atom. The molecule has 0 unspecified atom stereocenters. The lowest BCUT2D eigenvalue weighted by Crippen LogP contribution is -2.07. The van der Waals surface area contributed by atoms with Gasteiger partial charge in [-0.2, -0.15) is 13.2 Å². The van der Waals surface area contributed by atoms with Crippen LogP contribution in [0, 0.1) is 10.1 Å². The van der Waals surface area contributed by atoms with Gasteiger partial charge in [-0.3, -0.25) is 15.1 Å². The van der Waals surface area contributed by atoms with E-state index in [1.165, 1.54) is 0 Å². The molecule has 0 aliphatic rings. The molecule has 2 aromatic heterocycles. The molecule has 156 valence electrons. The lowest BCUT2D eigenvalue weighted by Gasteiger charge is -2.12. The van der Waals surface area contributed by atoms with Crippen molar-refractivity contribution in [3.8, 4) is 0 Å². The van der Waals surface area contributed by atoms with Gasteiger partial charge in [0.15, 0.2) is 0 Å². The highest BCUT2D eigenvalue weighted by molar-refractivity contribution is 5.93. The summed E-state index contributed by atoms with van der Waals surface area (Å²) in [5.41, 5.74) is -0.000465. The first-order valence-corrected chi connectivity index (χ1v) is 8.87. The Morgan fingerprint density at radius 1 is 0.871 bits per heavy atom. The maximum atomic E-state index is 12.7. The summed E-state index contributed by atoms with van der Waals surface area (Å²) in [6, 6.07) is 13.0. The van der Waals surface area contributed by atoms with Crippen LogP contribution in [0.15, 0.2) is 67.1 Å². The molecule has 0 radical (unpaired) electrons. The Bertz CT molecular complexity index is 1260. The molecule has 4 aromatic rings. The highest BCUT2D eigenvalue weighted by Gasteiger charge is 2.30. The zero-order valence-corrected chi connectivity index (χ0v) is 15.6. The van der Waals surface area contributed by atoms with Crippen LogP contribution in [-0.4, -0.2) is 19.9 Å². The number of aromatic nitrogens is 3. The first kappa shape index (κ1) is 20.0. The van der Waals surface area contributed by atoms with Crippen molar-refractivity contribution in [2.24, 2.45) is 0 Å². The summed E-state index contributed by atoms with van der Waals surface area (Å²) in [7, 11) is 0. The van der Waals surface area contributed by atoms with Crippen molar-refractivity contribution in [1.82, 2.24) is 15.0 Å². The van der Waals surface area contributed by atoms with Gasteiger partial charge in [0.1, 0.15) is 6.33 Å². The van der Waals surface area contributed by atoms with Crippen LogP contribution in [0.3, 0.4) is 0 Å².